The standard InChI is InChI=1S/C28H45N3O3/c1-18(31-34-26(33)30-17-20-6-4-5-15-29-20)23-9-10-24-22-8-7-19-16-21(32)11-13-27(19,2)25(22)12-14-28(23,24)3/h19-20,22-25,29H,4-17H2,1-3H3,(H,30,33)/b31-18+/t19-,20?,22-,23+,24-,25-,27-,28+/m0/s1. The Morgan fingerprint density at radius 1 is 1.06 bits per heavy atom. The highest BCUT2D eigenvalue weighted by molar-refractivity contribution is 5.85. The summed E-state index contributed by atoms with van der Waals surface area (Å²) in [6.07, 6.45) is 13.2. The van der Waals surface area contributed by atoms with E-state index in [1.807, 2.05) is 0 Å². The predicted octanol–water partition coefficient (Wildman–Crippen LogP) is 5.46. The molecule has 5 aliphatic rings. The highest BCUT2D eigenvalue weighted by atomic mass is 16.7. The average Bonchev–Trinajstić information content (AvgIpc) is 3.19. The Morgan fingerprint density at radius 3 is 2.68 bits per heavy atom. The molecule has 0 aromatic heterocycles. The molecule has 190 valence electrons. The number of hydrogen-bond acceptors (Lipinski definition) is 5. The quantitative estimate of drug-likeness (QED) is 0.324. The Kier molecular flexibility index (Phi) is 6.82. The van der Waals surface area contributed by atoms with E-state index in [9.17, 15) is 9.59 Å². The van der Waals surface area contributed by atoms with Gasteiger partial charge < -0.3 is 10.6 Å². The third-order valence-corrected chi connectivity index (χ3v) is 11.2. The van der Waals surface area contributed by atoms with Crippen molar-refractivity contribution in [1.82, 2.24) is 10.6 Å². The summed E-state index contributed by atoms with van der Waals surface area (Å²) in [4.78, 5) is 29.7. The van der Waals surface area contributed by atoms with Gasteiger partial charge in [-0.2, -0.15) is 0 Å². The van der Waals surface area contributed by atoms with Crippen molar-refractivity contribution in [2.75, 3.05) is 13.1 Å². The number of carbonyl (C=O) groups excluding carboxylic acids is 2. The monoisotopic (exact) mass is 471 g/mol. The molecule has 0 radical (unpaired) electrons. The molecule has 0 aromatic carbocycles. The Labute approximate surface area is 205 Å². The van der Waals surface area contributed by atoms with E-state index in [0.29, 0.717) is 35.6 Å². The zero-order valence-electron chi connectivity index (χ0n) is 21.5. The minimum Gasteiger partial charge on any atom is -0.318 e. The number of piperidine rings is 1. The summed E-state index contributed by atoms with van der Waals surface area (Å²) in [7, 11) is 0. The number of carbonyl (C=O) groups is 2. The van der Waals surface area contributed by atoms with E-state index in [-0.39, 0.29) is 5.41 Å². The van der Waals surface area contributed by atoms with Gasteiger partial charge in [-0.25, -0.2) is 4.79 Å². The van der Waals surface area contributed by atoms with Gasteiger partial charge in [0, 0.05) is 31.3 Å². The normalized spacial score (nSPS) is 44.6. The van der Waals surface area contributed by atoms with Crippen molar-refractivity contribution in [3.05, 3.63) is 0 Å². The Balaban J connectivity index is 1.21. The van der Waals surface area contributed by atoms with Crippen molar-refractivity contribution >= 4 is 17.6 Å². The summed E-state index contributed by atoms with van der Waals surface area (Å²) < 4.78 is 0. The van der Waals surface area contributed by atoms with Gasteiger partial charge in [0.1, 0.15) is 5.78 Å². The SMILES string of the molecule is C/C(=N\OC(=O)NCC1CCCCN1)[C@H]1CC[C@H]2[C@@H]3CC[C@H]4CC(=O)CC[C@]4(C)[C@H]3CC[C@]12C. The van der Waals surface area contributed by atoms with Gasteiger partial charge in [-0.3, -0.25) is 9.63 Å². The van der Waals surface area contributed by atoms with Crippen molar-refractivity contribution < 1.29 is 14.4 Å². The third kappa shape index (κ3) is 4.33. The fourth-order valence-corrected chi connectivity index (χ4v) is 9.25. The smallest absolute Gasteiger partial charge is 0.318 e. The number of nitrogens with one attached hydrogen (secondary N) is 2. The zero-order valence-corrected chi connectivity index (χ0v) is 21.5. The number of oxime groups is 1. The summed E-state index contributed by atoms with van der Waals surface area (Å²) in [5, 5.41) is 10.7. The second-order valence-electron chi connectivity index (χ2n) is 12.7. The first-order valence-electron chi connectivity index (χ1n) is 14.1. The van der Waals surface area contributed by atoms with Crippen LogP contribution in [0.2, 0.25) is 0 Å². The van der Waals surface area contributed by atoms with Crippen molar-refractivity contribution in [3.8, 4) is 0 Å². The summed E-state index contributed by atoms with van der Waals surface area (Å²) in [5.74, 6) is 3.76. The number of hydrogen-bond donors (Lipinski definition) is 2. The van der Waals surface area contributed by atoms with Crippen LogP contribution in [0.5, 0.6) is 0 Å². The van der Waals surface area contributed by atoms with Gasteiger partial charge in [-0.1, -0.05) is 25.4 Å². The lowest BCUT2D eigenvalue weighted by Gasteiger charge is -2.60. The van der Waals surface area contributed by atoms with E-state index in [1.165, 1.54) is 44.9 Å². The number of ketones is 1. The topological polar surface area (TPSA) is 79.8 Å². The maximum Gasteiger partial charge on any atom is 0.433 e. The summed E-state index contributed by atoms with van der Waals surface area (Å²) in [5.41, 5.74) is 1.58. The molecule has 1 heterocycles. The van der Waals surface area contributed by atoms with E-state index < -0.39 is 6.09 Å². The summed E-state index contributed by atoms with van der Waals surface area (Å²) in [6, 6.07) is 0.343. The summed E-state index contributed by atoms with van der Waals surface area (Å²) in [6.45, 7) is 8.69. The largest absolute Gasteiger partial charge is 0.433 e. The fraction of sp³-hybridized carbons (Fsp3) is 0.893. The first-order valence-corrected chi connectivity index (χ1v) is 14.1. The van der Waals surface area contributed by atoms with Crippen molar-refractivity contribution in [2.45, 2.75) is 104 Å². The van der Waals surface area contributed by atoms with Crippen LogP contribution in [0.4, 0.5) is 4.79 Å². The molecule has 6 nitrogen and oxygen atoms in total. The molecule has 8 atom stereocenters. The molecular weight excluding hydrogens is 426 g/mol. The van der Waals surface area contributed by atoms with Gasteiger partial charge in [-0.05, 0) is 106 Å². The molecular formula is C28H45N3O3. The van der Waals surface area contributed by atoms with Crippen molar-refractivity contribution in [3.63, 3.8) is 0 Å². The molecule has 4 saturated carbocycles. The van der Waals surface area contributed by atoms with E-state index in [2.05, 4.69) is 36.6 Å². The Morgan fingerprint density at radius 2 is 1.88 bits per heavy atom. The van der Waals surface area contributed by atoms with Gasteiger partial charge in [0.05, 0.1) is 5.71 Å². The lowest BCUT2D eigenvalue weighted by atomic mass is 9.44. The molecule has 0 bridgehead atoms. The number of amides is 1. The highest BCUT2D eigenvalue weighted by Crippen LogP contribution is 2.67. The van der Waals surface area contributed by atoms with Crippen LogP contribution < -0.4 is 10.6 Å². The molecule has 5 rings (SSSR count). The molecule has 1 amide bonds. The zero-order chi connectivity index (χ0) is 23.9. The molecule has 5 fully saturated rings. The van der Waals surface area contributed by atoms with Crippen LogP contribution in [0.3, 0.4) is 0 Å². The maximum atomic E-state index is 12.3. The second kappa shape index (κ2) is 9.55. The van der Waals surface area contributed by atoms with Crippen LogP contribution in [0.1, 0.15) is 97.8 Å². The molecule has 34 heavy (non-hydrogen) atoms. The average molecular weight is 472 g/mol. The van der Waals surface area contributed by atoms with Crippen LogP contribution in [0.15, 0.2) is 5.16 Å². The van der Waals surface area contributed by atoms with Gasteiger partial charge in [0.25, 0.3) is 0 Å². The molecule has 4 aliphatic carbocycles. The molecule has 1 saturated heterocycles. The molecule has 2 N–H and O–H groups in total. The molecule has 6 heteroatoms. The number of nitrogens with zero attached hydrogens (tertiary/aromatic N) is 1. The predicted molar refractivity (Wildman–Crippen MR) is 133 cm³/mol. The van der Waals surface area contributed by atoms with Gasteiger partial charge in [0.2, 0.25) is 0 Å². The van der Waals surface area contributed by atoms with Crippen LogP contribution in [-0.4, -0.2) is 36.7 Å². The van der Waals surface area contributed by atoms with Crippen LogP contribution in [0.25, 0.3) is 0 Å². The lowest BCUT2D eigenvalue weighted by Crippen LogP contribution is -2.53. The fourth-order valence-electron chi connectivity index (χ4n) is 9.25. The van der Waals surface area contributed by atoms with E-state index in [1.54, 1.807) is 0 Å². The first-order chi connectivity index (χ1) is 16.3. The third-order valence-electron chi connectivity index (χ3n) is 11.2. The first kappa shape index (κ1) is 24.3. The van der Waals surface area contributed by atoms with Gasteiger partial charge in [-0.15, -0.1) is 0 Å². The molecule has 1 aliphatic heterocycles. The van der Waals surface area contributed by atoms with Crippen LogP contribution in [-0.2, 0) is 9.63 Å². The number of rotatable bonds is 4. The van der Waals surface area contributed by atoms with Crippen molar-refractivity contribution in [2.24, 2.45) is 45.6 Å². The second-order valence-corrected chi connectivity index (χ2v) is 12.7. The van der Waals surface area contributed by atoms with E-state index >= 15 is 0 Å². The molecule has 0 spiro atoms. The van der Waals surface area contributed by atoms with E-state index in [0.717, 1.165) is 62.1 Å². The summed E-state index contributed by atoms with van der Waals surface area (Å²) >= 11 is 0. The number of Topliss-reactive ketones (excluding diaryl/α,β-unsaturated/α-hetero) is 1. The van der Waals surface area contributed by atoms with Crippen molar-refractivity contribution in [1.29, 1.82) is 0 Å². The number of fused-ring (bicyclic) bond motifs is 5. The van der Waals surface area contributed by atoms with Crippen LogP contribution >= 0.6 is 0 Å². The Hall–Kier alpha value is -1.43. The highest BCUT2D eigenvalue weighted by Gasteiger charge is 2.60. The Bertz CT molecular complexity index is 822. The minimum absolute atomic E-state index is 0.244. The van der Waals surface area contributed by atoms with Gasteiger partial charge in [0.15, 0.2) is 0 Å². The molecule has 1 unspecified atom stereocenters. The molecule has 0 aromatic rings. The lowest BCUT2D eigenvalue weighted by molar-refractivity contribution is -0.138. The van der Waals surface area contributed by atoms with Crippen LogP contribution in [0, 0.1) is 40.4 Å². The maximum absolute atomic E-state index is 12.3. The minimum atomic E-state index is -0.437. The van der Waals surface area contributed by atoms with Gasteiger partial charge >= 0.3 is 6.09 Å². The van der Waals surface area contributed by atoms with E-state index in [4.69, 9.17) is 4.84 Å².